The third-order valence-corrected chi connectivity index (χ3v) is 6.29. The van der Waals surface area contributed by atoms with E-state index in [1.54, 1.807) is 0 Å². The number of rotatable bonds is 12. The van der Waals surface area contributed by atoms with Crippen LogP contribution in [0, 0.1) is 0 Å². The lowest BCUT2D eigenvalue weighted by atomic mass is 9.72. The predicted molar refractivity (Wildman–Crippen MR) is 128 cm³/mol. The molecule has 1 N–H and O–H groups in total. The summed E-state index contributed by atoms with van der Waals surface area (Å²) >= 11 is 0. The quantitative estimate of drug-likeness (QED) is 0.374. The second-order valence-electron chi connectivity index (χ2n) is 8.68. The maximum Gasteiger partial charge on any atom is 0.303 e. The summed E-state index contributed by atoms with van der Waals surface area (Å²) in [6, 6.07) is 14.8. The van der Waals surface area contributed by atoms with Crippen molar-refractivity contribution in [3.63, 3.8) is 0 Å². The highest BCUT2D eigenvalue weighted by Crippen LogP contribution is 2.39. The molecule has 1 heterocycles. The van der Waals surface area contributed by atoms with E-state index in [1.807, 2.05) is 12.3 Å². The number of allylic oxidation sites excluding steroid dienone is 4. The number of pyridine rings is 1. The number of unbranched alkanes of at least 4 members (excludes halogenated alkanes) is 4. The largest absolute Gasteiger partial charge is 0.481 e. The molecule has 0 bridgehead atoms. The van der Waals surface area contributed by atoms with Gasteiger partial charge in [-0.25, -0.2) is 0 Å². The van der Waals surface area contributed by atoms with Gasteiger partial charge in [0.2, 0.25) is 0 Å². The van der Waals surface area contributed by atoms with E-state index in [1.165, 1.54) is 48.8 Å². The van der Waals surface area contributed by atoms with Gasteiger partial charge in [0.15, 0.2) is 0 Å². The van der Waals surface area contributed by atoms with Crippen LogP contribution in [-0.2, 0) is 16.6 Å². The van der Waals surface area contributed by atoms with Crippen LogP contribution >= 0.6 is 0 Å². The SMILES string of the molecule is CCCCCCCc1ccc(C2(CCCC(=O)O)C=CC(c3ccccc3)=CC2)nc1. The minimum atomic E-state index is -0.734. The van der Waals surface area contributed by atoms with Gasteiger partial charge in [-0.15, -0.1) is 0 Å². The van der Waals surface area contributed by atoms with Gasteiger partial charge in [0, 0.05) is 18.0 Å². The van der Waals surface area contributed by atoms with E-state index in [4.69, 9.17) is 10.1 Å². The number of aliphatic carboxylic acids is 1. The topological polar surface area (TPSA) is 50.2 Å². The molecule has 0 spiro atoms. The zero-order valence-corrected chi connectivity index (χ0v) is 18.7. The van der Waals surface area contributed by atoms with Crippen LogP contribution in [0.3, 0.4) is 0 Å². The van der Waals surface area contributed by atoms with Crippen molar-refractivity contribution in [2.45, 2.75) is 76.5 Å². The third-order valence-electron chi connectivity index (χ3n) is 6.29. The van der Waals surface area contributed by atoms with Crippen LogP contribution in [0.1, 0.15) is 81.5 Å². The Labute approximate surface area is 186 Å². The summed E-state index contributed by atoms with van der Waals surface area (Å²) in [5.41, 5.74) is 4.55. The molecule has 3 nitrogen and oxygen atoms in total. The van der Waals surface area contributed by atoms with Gasteiger partial charge in [-0.05, 0) is 54.9 Å². The second-order valence-corrected chi connectivity index (χ2v) is 8.68. The standard InChI is InChI=1S/C28H35NO2/c1-2-3-4-5-7-11-23-15-16-26(29-22-23)28(19-10-14-27(30)31)20-17-25(18-21-28)24-12-8-6-9-13-24/h6,8-9,12-13,15-18,20,22H,2-5,7,10-11,14,19,21H2,1H3,(H,30,31). The average molecular weight is 418 g/mol. The van der Waals surface area contributed by atoms with Gasteiger partial charge >= 0.3 is 5.97 Å². The van der Waals surface area contributed by atoms with Crippen molar-refractivity contribution < 1.29 is 9.90 Å². The van der Waals surface area contributed by atoms with Crippen LogP contribution in [0.25, 0.3) is 5.57 Å². The molecule has 3 rings (SSSR count). The Morgan fingerprint density at radius 2 is 1.84 bits per heavy atom. The summed E-state index contributed by atoms with van der Waals surface area (Å²) in [6.07, 6.45) is 18.7. The first-order valence-electron chi connectivity index (χ1n) is 11.7. The van der Waals surface area contributed by atoms with Crippen LogP contribution in [0.2, 0.25) is 0 Å². The second kappa shape index (κ2) is 11.6. The van der Waals surface area contributed by atoms with Crippen molar-refractivity contribution in [3.05, 3.63) is 83.7 Å². The van der Waals surface area contributed by atoms with E-state index >= 15 is 0 Å². The number of nitrogens with zero attached hydrogens (tertiary/aromatic N) is 1. The van der Waals surface area contributed by atoms with Crippen molar-refractivity contribution >= 4 is 11.5 Å². The van der Waals surface area contributed by atoms with Gasteiger partial charge in [0.05, 0.1) is 5.69 Å². The molecule has 0 saturated heterocycles. The molecule has 1 aromatic heterocycles. The van der Waals surface area contributed by atoms with E-state index in [-0.39, 0.29) is 11.8 Å². The van der Waals surface area contributed by atoms with Gasteiger partial charge in [0.1, 0.15) is 0 Å². The summed E-state index contributed by atoms with van der Waals surface area (Å²) in [5, 5.41) is 9.12. The van der Waals surface area contributed by atoms with Crippen molar-refractivity contribution in [1.82, 2.24) is 4.98 Å². The third kappa shape index (κ3) is 6.65. The molecular weight excluding hydrogens is 382 g/mol. The van der Waals surface area contributed by atoms with E-state index in [0.717, 1.165) is 25.0 Å². The molecule has 3 heteroatoms. The number of hydrogen-bond donors (Lipinski definition) is 1. The molecule has 1 aliphatic carbocycles. The highest BCUT2D eigenvalue weighted by molar-refractivity contribution is 5.75. The Hall–Kier alpha value is -2.68. The molecule has 2 aromatic rings. The normalized spacial score (nSPS) is 18.0. The summed E-state index contributed by atoms with van der Waals surface area (Å²) < 4.78 is 0. The van der Waals surface area contributed by atoms with Crippen LogP contribution in [-0.4, -0.2) is 16.1 Å². The average Bonchev–Trinajstić information content (AvgIpc) is 2.80. The summed E-state index contributed by atoms with van der Waals surface area (Å²) in [4.78, 5) is 15.9. The number of hydrogen-bond acceptors (Lipinski definition) is 2. The van der Waals surface area contributed by atoms with E-state index in [9.17, 15) is 4.79 Å². The fraction of sp³-hybridized carbons (Fsp3) is 0.429. The first-order valence-corrected chi connectivity index (χ1v) is 11.7. The molecule has 31 heavy (non-hydrogen) atoms. The van der Waals surface area contributed by atoms with Gasteiger partial charge in [0.25, 0.3) is 0 Å². The Balaban J connectivity index is 1.71. The maximum atomic E-state index is 11.1. The summed E-state index contributed by atoms with van der Waals surface area (Å²) in [7, 11) is 0. The van der Waals surface area contributed by atoms with Gasteiger partial charge < -0.3 is 5.11 Å². The number of carboxylic acids is 1. The maximum absolute atomic E-state index is 11.1. The highest BCUT2D eigenvalue weighted by Gasteiger charge is 2.32. The molecular formula is C28H35NO2. The zero-order chi connectivity index (χ0) is 21.9. The molecule has 0 amide bonds. The zero-order valence-electron chi connectivity index (χ0n) is 18.7. The lowest BCUT2D eigenvalue weighted by molar-refractivity contribution is -0.137. The van der Waals surface area contributed by atoms with Crippen molar-refractivity contribution in [3.8, 4) is 0 Å². The van der Waals surface area contributed by atoms with Gasteiger partial charge in [-0.3, -0.25) is 9.78 Å². The molecule has 164 valence electrons. The van der Waals surface area contributed by atoms with Gasteiger partial charge in [-0.1, -0.05) is 87.2 Å². The Kier molecular flexibility index (Phi) is 8.63. The predicted octanol–water partition coefficient (Wildman–Crippen LogP) is 7.13. The van der Waals surface area contributed by atoms with Crippen LogP contribution in [0.15, 0.2) is 66.9 Å². The van der Waals surface area contributed by atoms with E-state index < -0.39 is 5.97 Å². The summed E-state index contributed by atoms with van der Waals surface area (Å²) in [6.45, 7) is 2.24. The number of carboxylic acid groups (broad SMARTS) is 1. The molecule has 0 fully saturated rings. The van der Waals surface area contributed by atoms with Crippen molar-refractivity contribution in [2.75, 3.05) is 0 Å². The molecule has 0 radical (unpaired) electrons. The highest BCUT2D eigenvalue weighted by atomic mass is 16.4. The molecule has 1 aromatic carbocycles. The van der Waals surface area contributed by atoms with Crippen LogP contribution in [0.4, 0.5) is 0 Å². The summed E-state index contributed by atoms with van der Waals surface area (Å²) in [5.74, 6) is -0.734. The fourth-order valence-electron chi connectivity index (χ4n) is 4.38. The number of aromatic nitrogens is 1. The number of benzene rings is 1. The number of aryl methyl sites for hydroxylation is 1. The molecule has 1 unspecified atom stereocenters. The molecule has 0 aliphatic heterocycles. The minimum absolute atomic E-state index is 0.195. The Bertz CT molecular complexity index is 883. The van der Waals surface area contributed by atoms with Crippen LogP contribution < -0.4 is 0 Å². The molecule has 1 aliphatic rings. The first-order chi connectivity index (χ1) is 15.1. The Morgan fingerprint density at radius 3 is 2.48 bits per heavy atom. The van der Waals surface area contributed by atoms with Crippen molar-refractivity contribution in [1.29, 1.82) is 0 Å². The van der Waals surface area contributed by atoms with E-state index in [2.05, 4.69) is 61.5 Å². The van der Waals surface area contributed by atoms with Crippen LogP contribution in [0.5, 0.6) is 0 Å². The molecule has 0 saturated carbocycles. The minimum Gasteiger partial charge on any atom is -0.481 e. The lowest BCUT2D eigenvalue weighted by Gasteiger charge is -2.32. The van der Waals surface area contributed by atoms with Crippen molar-refractivity contribution in [2.24, 2.45) is 0 Å². The number of carbonyl (C=O) groups is 1. The molecule has 1 atom stereocenters. The van der Waals surface area contributed by atoms with Gasteiger partial charge in [-0.2, -0.15) is 0 Å². The first kappa shape index (κ1) is 23.0. The smallest absolute Gasteiger partial charge is 0.303 e. The lowest BCUT2D eigenvalue weighted by Crippen LogP contribution is -2.26. The van der Waals surface area contributed by atoms with E-state index in [0.29, 0.717) is 6.42 Å². The fourth-order valence-corrected chi connectivity index (χ4v) is 4.38. The Morgan fingerprint density at radius 1 is 1.03 bits per heavy atom. The monoisotopic (exact) mass is 417 g/mol.